The smallest absolute Gasteiger partial charge is 0.282 e. The SMILES string of the molecule is O=S(=O)(O)c1ccc(C(F)(F)F)c(Cc2c(C(F)(F)F)ccc(S(=O)(=O)O)c2Cl)c1Cl. The van der Waals surface area contributed by atoms with Crippen LogP contribution in [-0.2, 0) is 39.0 Å². The minimum absolute atomic E-state index is 0.165. The highest BCUT2D eigenvalue weighted by molar-refractivity contribution is 7.86. The standard InChI is InChI=1S/C15H8Cl2F6O6S2/c16-12-6(8(14(18,19)20)1-3-10(12)30(24,25)26)5-7-9(15(21,22)23)2-4-11(13(7)17)31(27,28)29/h1-4H,5H2,(H,24,25,26)(H,27,28,29). The van der Waals surface area contributed by atoms with E-state index in [1.807, 2.05) is 0 Å². The summed E-state index contributed by atoms with van der Waals surface area (Å²) in [6.07, 6.45) is -11.9. The Kier molecular flexibility index (Phi) is 6.69. The Hall–Kier alpha value is -1.58. The lowest BCUT2D eigenvalue weighted by Gasteiger charge is -2.20. The first-order valence-electron chi connectivity index (χ1n) is 7.48. The Morgan fingerprint density at radius 2 is 0.968 bits per heavy atom. The third kappa shape index (κ3) is 5.43. The Balaban J connectivity index is 2.96. The number of rotatable bonds is 4. The maximum absolute atomic E-state index is 13.4. The molecule has 0 saturated carbocycles. The molecule has 0 aliphatic carbocycles. The number of benzene rings is 2. The van der Waals surface area contributed by atoms with E-state index in [9.17, 15) is 43.2 Å². The van der Waals surface area contributed by atoms with Crippen LogP contribution in [0.1, 0.15) is 22.3 Å². The van der Waals surface area contributed by atoms with Gasteiger partial charge in [-0.1, -0.05) is 23.2 Å². The van der Waals surface area contributed by atoms with Crippen molar-refractivity contribution in [1.29, 1.82) is 0 Å². The molecule has 0 saturated heterocycles. The van der Waals surface area contributed by atoms with Gasteiger partial charge in [-0.3, -0.25) is 9.11 Å². The van der Waals surface area contributed by atoms with Crippen molar-refractivity contribution >= 4 is 43.4 Å². The summed E-state index contributed by atoms with van der Waals surface area (Å²) in [6.45, 7) is 0. The molecule has 0 heterocycles. The van der Waals surface area contributed by atoms with Crippen LogP contribution in [0.3, 0.4) is 0 Å². The summed E-state index contributed by atoms with van der Waals surface area (Å²) in [4.78, 5) is -2.46. The molecule has 6 nitrogen and oxygen atoms in total. The van der Waals surface area contributed by atoms with Crippen LogP contribution in [-0.4, -0.2) is 25.9 Å². The molecule has 0 fully saturated rings. The van der Waals surface area contributed by atoms with Gasteiger partial charge in [0.25, 0.3) is 20.2 Å². The highest BCUT2D eigenvalue weighted by Gasteiger charge is 2.39. The molecule has 2 N–H and O–H groups in total. The second kappa shape index (κ2) is 8.08. The molecule has 0 spiro atoms. The number of hydrogen-bond acceptors (Lipinski definition) is 4. The minimum atomic E-state index is -5.23. The van der Waals surface area contributed by atoms with Crippen molar-refractivity contribution in [1.82, 2.24) is 0 Å². The van der Waals surface area contributed by atoms with E-state index in [1.54, 1.807) is 0 Å². The molecular formula is C15H8Cl2F6O6S2. The van der Waals surface area contributed by atoms with Gasteiger partial charge in [0.15, 0.2) is 0 Å². The summed E-state index contributed by atoms with van der Waals surface area (Å²) in [5.74, 6) is 0. The third-order valence-electron chi connectivity index (χ3n) is 3.94. The maximum Gasteiger partial charge on any atom is 0.416 e. The van der Waals surface area contributed by atoms with E-state index in [-0.39, 0.29) is 12.1 Å². The molecule has 0 bridgehead atoms. The fraction of sp³-hybridized carbons (Fsp3) is 0.200. The second-order valence-electron chi connectivity index (χ2n) is 5.93. The van der Waals surface area contributed by atoms with Crippen molar-refractivity contribution in [3.8, 4) is 0 Å². The van der Waals surface area contributed by atoms with Gasteiger partial charge in [0.1, 0.15) is 9.79 Å². The van der Waals surface area contributed by atoms with Crippen molar-refractivity contribution in [3.05, 3.63) is 56.6 Å². The van der Waals surface area contributed by atoms with Crippen molar-refractivity contribution in [3.63, 3.8) is 0 Å². The Labute approximate surface area is 180 Å². The van der Waals surface area contributed by atoms with E-state index in [0.717, 1.165) is 0 Å². The molecule has 2 aromatic rings. The van der Waals surface area contributed by atoms with Crippen LogP contribution in [0.25, 0.3) is 0 Å². The molecule has 0 atom stereocenters. The van der Waals surface area contributed by atoms with E-state index < -0.39 is 81.1 Å². The Bertz CT molecular complexity index is 1160. The number of hydrogen-bond donors (Lipinski definition) is 2. The van der Waals surface area contributed by atoms with Crippen LogP contribution in [0, 0.1) is 0 Å². The largest absolute Gasteiger partial charge is 0.416 e. The first-order chi connectivity index (χ1) is 13.8. The molecule has 172 valence electrons. The highest BCUT2D eigenvalue weighted by Crippen LogP contribution is 2.43. The Morgan fingerprint density at radius 3 is 1.19 bits per heavy atom. The van der Waals surface area contributed by atoms with Gasteiger partial charge in [-0.15, -0.1) is 0 Å². The third-order valence-corrected chi connectivity index (χ3v) is 6.82. The summed E-state index contributed by atoms with van der Waals surface area (Å²) >= 11 is 11.3. The average Bonchev–Trinajstić information content (AvgIpc) is 2.53. The van der Waals surface area contributed by atoms with Crippen LogP contribution >= 0.6 is 23.2 Å². The van der Waals surface area contributed by atoms with Crippen LogP contribution in [0.15, 0.2) is 34.1 Å². The van der Waals surface area contributed by atoms with Gasteiger partial charge >= 0.3 is 12.4 Å². The molecule has 0 aromatic heterocycles. The van der Waals surface area contributed by atoms with Crippen LogP contribution in [0.4, 0.5) is 26.3 Å². The van der Waals surface area contributed by atoms with E-state index >= 15 is 0 Å². The second-order valence-corrected chi connectivity index (χ2v) is 9.47. The molecule has 2 rings (SSSR count). The van der Waals surface area contributed by atoms with Crippen molar-refractivity contribution < 1.29 is 52.3 Å². The molecular weight excluding hydrogens is 525 g/mol. The van der Waals surface area contributed by atoms with Gasteiger partial charge in [0.05, 0.1) is 21.2 Å². The quantitative estimate of drug-likeness (QED) is 0.418. The lowest BCUT2D eigenvalue weighted by Crippen LogP contribution is -2.16. The van der Waals surface area contributed by atoms with Crippen molar-refractivity contribution in [2.75, 3.05) is 0 Å². The van der Waals surface area contributed by atoms with Gasteiger partial charge in [-0.25, -0.2) is 0 Å². The number of alkyl halides is 6. The first-order valence-corrected chi connectivity index (χ1v) is 11.1. The monoisotopic (exact) mass is 532 g/mol. The minimum Gasteiger partial charge on any atom is -0.282 e. The topological polar surface area (TPSA) is 109 Å². The normalized spacial score (nSPS) is 13.5. The van der Waals surface area contributed by atoms with Gasteiger partial charge in [-0.2, -0.15) is 43.2 Å². The predicted octanol–water partition coefficient (Wildman–Crippen LogP) is 5.12. The summed E-state index contributed by atoms with van der Waals surface area (Å²) in [5.41, 5.74) is -5.79. The number of halogens is 8. The van der Waals surface area contributed by atoms with Crippen LogP contribution < -0.4 is 0 Å². The molecule has 0 aliphatic rings. The van der Waals surface area contributed by atoms with Crippen LogP contribution in [0.2, 0.25) is 10.0 Å². The lowest BCUT2D eigenvalue weighted by molar-refractivity contribution is -0.138. The van der Waals surface area contributed by atoms with Gasteiger partial charge in [-0.05, 0) is 35.4 Å². The maximum atomic E-state index is 13.4. The molecule has 0 radical (unpaired) electrons. The molecule has 16 heteroatoms. The Morgan fingerprint density at radius 1 is 0.677 bits per heavy atom. The average molecular weight is 533 g/mol. The summed E-state index contributed by atoms with van der Waals surface area (Å²) < 4.78 is 144. The predicted molar refractivity (Wildman–Crippen MR) is 95.3 cm³/mol. The van der Waals surface area contributed by atoms with E-state index in [1.165, 1.54) is 0 Å². The molecule has 31 heavy (non-hydrogen) atoms. The van der Waals surface area contributed by atoms with Crippen molar-refractivity contribution in [2.45, 2.75) is 28.6 Å². The van der Waals surface area contributed by atoms with E-state index in [2.05, 4.69) is 0 Å². The van der Waals surface area contributed by atoms with Crippen molar-refractivity contribution in [2.24, 2.45) is 0 Å². The molecule has 0 aliphatic heterocycles. The fourth-order valence-electron chi connectivity index (χ4n) is 2.65. The summed E-state index contributed by atoms with van der Waals surface area (Å²) in [6, 6.07) is 0.923. The van der Waals surface area contributed by atoms with Gasteiger partial charge in [0.2, 0.25) is 0 Å². The zero-order valence-corrected chi connectivity index (χ0v) is 17.5. The van der Waals surface area contributed by atoms with Gasteiger partial charge in [0, 0.05) is 6.42 Å². The summed E-state index contributed by atoms with van der Waals surface area (Å²) in [5, 5.41) is -2.50. The molecule has 0 amide bonds. The van der Waals surface area contributed by atoms with E-state index in [4.69, 9.17) is 32.3 Å². The zero-order chi connectivity index (χ0) is 24.2. The lowest BCUT2D eigenvalue weighted by atomic mass is 9.95. The summed E-state index contributed by atoms with van der Waals surface area (Å²) in [7, 11) is -10.4. The van der Waals surface area contributed by atoms with E-state index in [0.29, 0.717) is 12.1 Å². The molecule has 2 aromatic carbocycles. The van der Waals surface area contributed by atoms with Gasteiger partial charge < -0.3 is 0 Å². The van der Waals surface area contributed by atoms with Crippen LogP contribution in [0.5, 0.6) is 0 Å². The first kappa shape index (κ1) is 25.7. The molecule has 0 unspecified atom stereocenters. The highest BCUT2D eigenvalue weighted by atomic mass is 35.5. The zero-order valence-electron chi connectivity index (χ0n) is 14.4. The fourth-order valence-corrected chi connectivity index (χ4v) is 4.88.